The summed E-state index contributed by atoms with van der Waals surface area (Å²) < 4.78 is 0. The molecular weight excluding hydrogens is 260 g/mol. The molecule has 0 spiro atoms. The van der Waals surface area contributed by atoms with E-state index in [1.165, 1.54) is 13.0 Å². The SMILES string of the molecule is CCCCC(=O)/C(=C/C(=O)CCC(C)=O)CCC(=O)O. The van der Waals surface area contributed by atoms with Crippen molar-refractivity contribution in [2.24, 2.45) is 0 Å². The minimum Gasteiger partial charge on any atom is -0.481 e. The van der Waals surface area contributed by atoms with Crippen LogP contribution in [0, 0.1) is 0 Å². The van der Waals surface area contributed by atoms with Gasteiger partial charge in [-0.15, -0.1) is 0 Å². The molecule has 0 aromatic carbocycles. The summed E-state index contributed by atoms with van der Waals surface area (Å²) in [5.41, 5.74) is 0.259. The summed E-state index contributed by atoms with van der Waals surface area (Å²) in [5, 5.41) is 8.66. The van der Waals surface area contributed by atoms with Crippen LogP contribution in [-0.4, -0.2) is 28.4 Å². The van der Waals surface area contributed by atoms with Gasteiger partial charge in [-0.1, -0.05) is 13.3 Å². The summed E-state index contributed by atoms with van der Waals surface area (Å²) in [6, 6.07) is 0. The fourth-order valence-electron chi connectivity index (χ4n) is 1.60. The standard InChI is InChI=1S/C15H22O5/c1-3-4-5-14(18)12(7-9-15(19)20)10-13(17)8-6-11(2)16/h10H,3-9H2,1-2H3,(H,19,20)/b12-10+. The number of hydrogen-bond donors (Lipinski definition) is 1. The van der Waals surface area contributed by atoms with Gasteiger partial charge in [0.05, 0.1) is 0 Å². The first-order valence-electron chi connectivity index (χ1n) is 6.84. The summed E-state index contributed by atoms with van der Waals surface area (Å²) in [5.74, 6) is -1.57. The molecule has 1 N–H and O–H groups in total. The van der Waals surface area contributed by atoms with Gasteiger partial charge in [-0.2, -0.15) is 0 Å². The molecule has 0 radical (unpaired) electrons. The number of Topliss-reactive ketones (excluding diaryl/α,β-unsaturated/α-hetero) is 2. The number of carbonyl (C=O) groups is 4. The van der Waals surface area contributed by atoms with Gasteiger partial charge >= 0.3 is 5.97 Å². The lowest BCUT2D eigenvalue weighted by Gasteiger charge is -2.05. The van der Waals surface area contributed by atoms with E-state index in [2.05, 4.69) is 0 Å². The Bertz CT molecular complexity index is 406. The highest BCUT2D eigenvalue weighted by Crippen LogP contribution is 2.12. The second-order valence-corrected chi connectivity index (χ2v) is 4.76. The van der Waals surface area contributed by atoms with Gasteiger partial charge < -0.3 is 9.90 Å². The lowest BCUT2D eigenvalue weighted by Crippen LogP contribution is -2.08. The molecule has 112 valence electrons. The number of carboxylic acids is 1. The lowest BCUT2D eigenvalue weighted by atomic mass is 9.99. The molecule has 0 atom stereocenters. The van der Waals surface area contributed by atoms with E-state index in [1.807, 2.05) is 6.92 Å². The van der Waals surface area contributed by atoms with Crippen LogP contribution in [0.25, 0.3) is 0 Å². The molecular formula is C15H22O5. The topological polar surface area (TPSA) is 88.5 Å². The third kappa shape index (κ3) is 9.19. The highest BCUT2D eigenvalue weighted by Gasteiger charge is 2.13. The average molecular weight is 282 g/mol. The number of hydrogen-bond acceptors (Lipinski definition) is 4. The second-order valence-electron chi connectivity index (χ2n) is 4.76. The zero-order chi connectivity index (χ0) is 15.5. The molecule has 0 rings (SSSR count). The molecule has 20 heavy (non-hydrogen) atoms. The van der Waals surface area contributed by atoms with Crippen LogP contribution >= 0.6 is 0 Å². The van der Waals surface area contributed by atoms with E-state index in [4.69, 9.17) is 5.11 Å². The van der Waals surface area contributed by atoms with Gasteiger partial charge in [-0.05, 0) is 31.4 Å². The number of allylic oxidation sites excluding steroid dienone is 2. The molecule has 0 unspecified atom stereocenters. The quantitative estimate of drug-likeness (QED) is 0.588. The van der Waals surface area contributed by atoms with Crippen LogP contribution in [0.15, 0.2) is 11.6 Å². The number of unbranched alkanes of at least 4 members (excludes halogenated alkanes) is 1. The smallest absolute Gasteiger partial charge is 0.303 e. The Labute approximate surface area is 119 Å². The minimum absolute atomic E-state index is 0.0592. The maximum Gasteiger partial charge on any atom is 0.303 e. The molecule has 5 nitrogen and oxygen atoms in total. The predicted molar refractivity (Wildman–Crippen MR) is 74.4 cm³/mol. The number of ketones is 3. The number of carboxylic acid groups (broad SMARTS) is 1. The highest BCUT2D eigenvalue weighted by atomic mass is 16.4. The molecule has 0 aliphatic rings. The van der Waals surface area contributed by atoms with Crippen LogP contribution in [0.4, 0.5) is 0 Å². The zero-order valence-electron chi connectivity index (χ0n) is 12.1. The molecule has 0 saturated heterocycles. The second kappa shape index (κ2) is 10.1. The van der Waals surface area contributed by atoms with E-state index in [0.29, 0.717) is 12.8 Å². The summed E-state index contributed by atoms with van der Waals surface area (Å²) in [7, 11) is 0. The lowest BCUT2D eigenvalue weighted by molar-refractivity contribution is -0.137. The van der Waals surface area contributed by atoms with Crippen molar-refractivity contribution >= 4 is 23.3 Å². The van der Waals surface area contributed by atoms with E-state index < -0.39 is 5.97 Å². The van der Waals surface area contributed by atoms with Crippen molar-refractivity contribution in [3.8, 4) is 0 Å². The Morgan fingerprint density at radius 2 is 1.60 bits per heavy atom. The zero-order valence-corrected chi connectivity index (χ0v) is 12.1. The normalized spacial score (nSPS) is 11.2. The largest absolute Gasteiger partial charge is 0.481 e. The van der Waals surface area contributed by atoms with Crippen LogP contribution in [0.5, 0.6) is 0 Å². The summed E-state index contributed by atoms with van der Waals surface area (Å²) in [6.07, 6.45) is 3.19. The van der Waals surface area contributed by atoms with Gasteiger partial charge in [0, 0.05) is 25.7 Å². The summed E-state index contributed by atoms with van der Waals surface area (Å²) >= 11 is 0. The molecule has 0 heterocycles. The molecule has 0 fully saturated rings. The van der Waals surface area contributed by atoms with Crippen molar-refractivity contribution in [3.05, 3.63) is 11.6 Å². The molecule has 0 amide bonds. The van der Waals surface area contributed by atoms with Gasteiger partial charge in [0.2, 0.25) is 0 Å². The summed E-state index contributed by atoms with van der Waals surface area (Å²) in [6.45, 7) is 3.35. The average Bonchev–Trinajstić information content (AvgIpc) is 2.38. The van der Waals surface area contributed by atoms with Crippen molar-refractivity contribution in [2.75, 3.05) is 0 Å². The molecule has 0 saturated carbocycles. The van der Waals surface area contributed by atoms with Crippen LogP contribution in [0.2, 0.25) is 0 Å². The molecule has 0 aromatic heterocycles. The fourth-order valence-corrected chi connectivity index (χ4v) is 1.60. The molecule has 0 aromatic rings. The van der Waals surface area contributed by atoms with Crippen LogP contribution in [-0.2, 0) is 19.2 Å². The van der Waals surface area contributed by atoms with Crippen molar-refractivity contribution < 1.29 is 24.3 Å². The van der Waals surface area contributed by atoms with Gasteiger partial charge in [-0.25, -0.2) is 0 Å². The predicted octanol–water partition coefficient (Wildman–Crippen LogP) is 2.48. The van der Waals surface area contributed by atoms with Crippen molar-refractivity contribution in [1.29, 1.82) is 0 Å². The Balaban J connectivity index is 4.71. The van der Waals surface area contributed by atoms with Gasteiger partial charge in [0.25, 0.3) is 0 Å². The Morgan fingerprint density at radius 1 is 0.950 bits per heavy atom. The monoisotopic (exact) mass is 282 g/mol. The summed E-state index contributed by atoms with van der Waals surface area (Å²) in [4.78, 5) is 44.9. The number of rotatable bonds is 11. The molecule has 0 bridgehead atoms. The van der Waals surface area contributed by atoms with E-state index in [1.54, 1.807) is 0 Å². The van der Waals surface area contributed by atoms with Crippen molar-refractivity contribution in [1.82, 2.24) is 0 Å². The Hall–Kier alpha value is -1.78. The molecule has 5 heteroatoms. The van der Waals surface area contributed by atoms with Gasteiger partial charge in [0.15, 0.2) is 11.6 Å². The Kier molecular flexibility index (Phi) is 9.17. The first-order chi connectivity index (χ1) is 9.36. The van der Waals surface area contributed by atoms with Crippen LogP contribution < -0.4 is 0 Å². The highest BCUT2D eigenvalue weighted by molar-refractivity contribution is 6.03. The molecule has 0 aliphatic heterocycles. The van der Waals surface area contributed by atoms with E-state index in [0.717, 1.165) is 6.42 Å². The number of carbonyl (C=O) groups excluding carboxylic acids is 3. The fraction of sp³-hybridized carbons (Fsp3) is 0.600. The number of aliphatic carboxylic acids is 1. The third-order valence-corrected chi connectivity index (χ3v) is 2.78. The van der Waals surface area contributed by atoms with Crippen LogP contribution in [0.1, 0.15) is 58.8 Å². The van der Waals surface area contributed by atoms with Crippen LogP contribution in [0.3, 0.4) is 0 Å². The maximum absolute atomic E-state index is 11.9. The maximum atomic E-state index is 11.9. The van der Waals surface area contributed by atoms with Gasteiger partial charge in [-0.3, -0.25) is 14.4 Å². The van der Waals surface area contributed by atoms with E-state index >= 15 is 0 Å². The van der Waals surface area contributed by atoms with Gasteiger partial charge in [0.1, 0.15) is 5.78 Å². The van der Waals surface area contributed by atoms with E-state index in [9.17, 15) is 19.2 Å². The van der Waals surface area contributed by atoms with Crippen molar-refractivity contribution in [2.45, 2.75) is 58.8 Å². The third-order valence-electron chi connectivity index (χ3n) is 2.78. The van der Waals surface area contributed by atoms with Crippen molar-refractivity contribution in [3.63, 3.8) is 0 Å². The first kappa shape index (κ1) is 18.2. The Morgan fingerprint density at radius 3 is 2.10 bits per heavy atom. The minimum atomic E-state index is -1.00. The molecule has 0 aliphatic carbocycles. The van der Waals surface area contributed by atoms with E-state index in [-0.39, 0.29) is 48.6 Å². The first-order valence-corrected chi connectivity index (χ1v) is 6.84.